The number of anilines is 1. The second kappa shape index (κ2) is 11.5. The van der Waals surface area contributed by atoms with Crippen molar-refractivity contribution in [3.8, 4) is 0 Å². The van der Waals surface area contributed by atoms with E-state index in [0.717, 1.165) is 56.1 Å². The fraction of sp³-hybridized carbons (Fsp3) is 0.333. The SMILES string of the molecule is CCCCN(CCCC)c1ccc(/C=C/C=C/c2c(F)c(F)c(F)c(F)c2F)cc1. The van der Waals surface area contributed by atoms with E-state index in [2.05, 4.69) is 18.7 Å². The molecule has 30 heavy (non-hydrogen) atoms. The van der Waals surface area contributed by atoms with Gasteiger partial charge in [0.15, 0.2) is 23.3 Å². The summed E-state index contributed by atoms with van der Waals surface area (Å²) in [5, 5.41) is 0. The number of hydrogen-bond donors (Lipinski definition) is 0. The second-order valence-corrected chi connectivity index (χ2v) is 6.99. The summed E-state index contributed by atoms with van der Waals surface area (Å²) in [6.07, 6.45) is 9.76. The highest BCUT2D eigenvalue weighted by Gasteiger charge is 2.23. The average molecular weight is 423 g/mol. The Kier molecular flexibility index (Phi) is 9.09. The number of rotatable bonds is 10. The minimum absolute atomic E-state index is 0.853. The van der Waals surface area contributed by atoms with Crippen LogP contribution in [0.1, 0.15) is 50.7 Å². The molecule has 0 unspecified atom stereocenters. The standard InChI is InChI=1S/C24H26F5N/c1-3-5-15-30(16-6-4-2)18-13-11-17(12-14-18)9-7-8-10-19-20(25)22(27)24(29)23(28)21(19)26/h7-14H,3-6,15-16H2,1-2H3/b9-7+,10-8+. The van der Waals surface area contributed by atoms with Crippen LogP contribution in [0.4, 0.5) is 27.6 Å². The van der Waals surface area contributed by atoms with Crippen LogP contribution in [0.2, 0.25) is 0 Å². The van der Waals surface area contributed by atoms with Crippen molar-refractivity contribution in [2.75, 3.05) is 18.0 Å². The summed E-state index contributed by atoms with van der Waals surface area (Å²) < 4.78 is 66.8. The number of halogens is 5. The molecule has 0 aromatic heterocycles. The van der Waals surface area contributed by atoms with Crippen LogP contribution in [-0.4, -0.2) is 13.1 Å². The molecule has 0 atom stereocenters. The third-order valence-electron chi connectivity index (χ3n) is 4.73. The van der Waals surface area contributed by atoms with E-state index in [4.69, 9.17) is 0 Å². The van der Waals surface area contributed by atoms with Crippen LogP contribution in [0.5, 0.6) is 0 Å². The van der Waals surface area contributed by atoms with E-state index in [1.807, 2.05) is 24.3 Å². The summed E-state index contributed by atoms with van der Waals surface area (Å²) in [7, 11) is 0. The lowest BCUT2D eigenvalue weighted by molar-refractivity contribution is 0.377. The van der Waals surface area contributed by atoms with Gasteiger partial charge in [-0.2, -0.15) is 0 Å². The Bertz CT molecular complexity index is 850. The van der Waals surface area contributed by atoms with Crippen LogP contribution in [0, 0.1) is 29.1 Å². The van der Waals surface area contributed by atoms with Crippen molar-refractivity contribution >= 4 is 17.8 Å². The molecule has 0 fully saturated rings. The van der Waals surface area contributed by atoms with Gasteiger partial charge in [0, 0.05) is 18.8 Å². The van der Waals surface area contributed by atoms with Crippen LogP contribution in [0.25, 0.3) is 12.2 Å². The number of hydrogen-bond acceptors (Lipinski definition) is 1. The molecule has 6 heteroatoms. The summed E-state index contributed by atoms with van der Waals surface area (Å²) >= 11 is 0. The zero-order valence-corrected chi connectivity index (χ0v) is 17.2. The van der Waals surface area contributed by atoms with Crippen molar-refractivity contribution in [2.24, 2.45) is 0 Å². The molecule has 0 saturated heterocycles. The lowest BCUT2D eigenvalue weighted by atomic mass is 10.1. The molecule has 162 valence electrons. The van der Waals surface area contributed by atoms with Gasteiger partial charge >= 0.3 is 0 Å². The largest absolute Gasteiger partial charge is 0.372 e. The molecule has 2 aromatic carbocycles. The number of nitrogens with zero attached hydrogens (tertiary/aromatic N) is 1. The molecule has 1 nitrogen and oxygen atoms in total. The minimum atomic E-state index is -2.16. The van der Waals surface area contributed by atoms with E-state index < -0.39 is 34.6 Å². The molecular formula is C24H26F5N. The van der Waals surface area contributed by atoms with Crippen LogP contribution in [0.15, 0.2) is 36.4 Å². The van der Waals surface area contributed by atoms with Gasteiger partial charge in [-0.15, -0.1) is 0 Å². The quantitative estimate of drug-likeness (QED) is 0.165. The van der Waals surface area contributed by atoms with Crippen molar-refractivity contribution in [2.45, 2.75) is 39.5 Å². The first-order valence-electron chi connectivity index (χ1n) is 10.1. The molecule has 0 N–H and O–H groups in total. The summed E-state index contributed by atoms with van der Waals surface area (Å²) in [6.45, 7) is 6.31. The second-order valence-electron chi connectivity index (χ2n) is 6.99. The number of allylic oxidation sites excluding steroid dienone is 2. The molecule has 0 amide bonds. The first kappa shape index (κ1) is 23.6. The van der Waals surface area contributed by atoms with Crippen LogP contribution >= 0.6 is 0 Å². The van der Waals surface area contributed by atoms with E-state index in [9.17, 15) is 22.0 Å². The highest BCUT2D eigenvalue weighted by Crippen LogP contribution is 2.24. The predicted octanol–water partition coefficient (Wildman–Crippen LogP) is 7.52. The van der Waals surface area contributed by atoms with Gasteiger partial charge in [0.05, 0.1) is 5.56 Å². The Morgan fingerprint density at radius 2 is 1.13 bits per heavy atom. The molecule has 0 saturated carbocycles. The van der Waals surface area contributed by atoms with E-state index in [1.165, 1.54) is 12.2 Å². The predicted molar refractivity (Wildman–Crippen MR) is 113 cm³/mol. The van der Waals surface area contributed by atoms with Gasteiger partial charge in [0.2, 0.25) is 5.82 Å². The van der Waals surface area contributed by atoms with Crippen molar-refractivity contribution < 1.29 is 22.0 Å². The van der Waals surface area contributed by atoms with Crippen molar-refractivity contribution in [3.05, 3.63) is 76.6 Å². The van der Waals surface area contributed by atoms with Gasteiger partial charge in [0.25, 0.3) is 0 Å². The van der Waals surface area contributed by atoms with Gasteiger partial charge in [-0.25, -0.2) is 22.0 Å². The highest BCUT2D eigenvalue weighted by atomic mass is 19.2. The van der Waals surface area contributed by atoms with E-state index in [1.54, 1.807) is 6.08 Å². The number of benzene rings is 2. The molecule has 0 bridgehead atoms. The Balaban J connectivity index is 2.10. The normalized spacial score (nSPS) is 11.7. The number of unbranched alkanes of at least 4 members (excludes halogenated alkanes) is 2. The first-order chi connectivity index (χ1) is 14.4. The average Bonchev–Trinajstić information content (AvgIpc) is 2.76. The summed E-state index contributed by atoms with van der Waals surface area (Å²) in [5.74, 6) is -9.77. The summed E-state index contributed by atoms with van der Waals surface area (Å²) in [5.41, 5.74) is 1.02. The Morgan fingerprint density at radius 3 is 1.63 bits per heavy atom. The van der Waals surface area contributed by atoms with Gasteiger partial charge in [-0.05, 0) is 36.6 Å². The molecule has 2 rings (SSSR count). The Morgan fingerprint density at radius 1 is 0.667 bits per heavy atom. The van der Waals surface area contributed by atoms with Crippen LogP contribution in [-0.2, 0) is 0 Å². The summed E-state index contributed by atoms with van der Waals surface area (Å²) in [6, 6.07) is 7.86. The third-order valence-corrected chi connectivity index (χ3v) is 4.73. The molecule has 0 radical (unpaired) electrons. The summed E-state index contributed by atoms with van der Waals surface area (Å²) in [4.78, 5) is 2.35. The zero-order chi connectivity index (χ0) is 22.1. The fourth-order valence-electron chi connectivity index (χ4n) is 2.95. The maximum Gasteiger partial charge on any atom is 0.200 e. The van der Waals surface area contributed by atoms with Gasteiger partial charge < -0.3 is 4.90 Å². The Labute approximate surface area is 174 Å². The maximum absolute atomic E-state index is 13.6. The molecule has 0 aliphatic heterocycles. The monoisotopic (exact) mass is 423 g/mol. The van der Waals surface area contributed by atoms with E-state index in [0.29, 0.717) is 0 Å². The highest BCUT2D eigenvalue weighted by molar-refractivity contribution is 5.60. The first-order valence-corrected chi connectivity index (χ1v) is 10.1. The maximum atomic E-state index is 13.6. The van der Waals surface area contributed by atoms with Gasteiger partial charge in [0.1, 0.15) is 0 Å². The van der Waals surface area contributed by atoms with Crippen LogP contribution in [0.3, 0.4) is 0 Å². The molecule has 2 aromatic rings. The van der Waals surface area contributed by atoms with Crippen molar-refractivity contribution in [3.63, 3.8) is 0 Å². The molecular weight excluding hydrogens is 397 g/mol. The van der Waals surface area contributed by atoms with Gasteiger partial charge in [-0.3, -0.25) is 0 Å². The molecule has 0 aliphatic rings. The molecule has 0 spiro atoms. The smallest absolute Gasteiger partial charge is 0.200 e. The van der Waals surface area contributed by atoms with E-state index >= 15 is 0 Å². The topological polar surface area (TPSA) is 3.24 Å². The fourth-order valence-corrected chi connectivity index (χ4v) is 2.95. The lowest BCUT2D eigenvalue weighted by Gasteiger charge is -2.24. The van der Waals surface area contributed by atoms with Crippen molar-refractivity contribution in [1.82, 2.24) is 0 Å². The third kappa shape index (κ3) is 5.94. The lowest BCUT2D eigenvalue weighted by Crippen LogP contribution is -2.25. The zero-order valence-electron chi connectivity index (χ0n) is 17.2. The van der Waals surface area contributed by atoms with E-state index in [-0.39, 0.29) is 0 Å². The van der Waals surface area contributed by atoms with Crippen molar-refractivity contribution in [1.29, 1.82) is 0 Å². The van der Waals surface area contributed by atoms with Crippen LogP contribution < -0.4 is 4.90 Å². The minimum Gasteiger partial charge on any atom is -0.372 e. The van der Waals surface area contributed by atoms with Gasteiger partial charge in [-0.1, -0.05) is 57.0 Å². The molecule has 0 heterocycles. The Hall–Kier alpha value is -2.63. The molecule has 0 aliphatic carbocycles.